The first-order valence-electron chi connectivity index (χ1n) is 11.3. The summed E-state index contributed by atoms with van der Waals surface area (Å²) in [7, 11) is 0. The highest BCUT2D eigenvalue weighted by molar-refractivity contribution is 5.88. The molecule has 1 atom stereocenters. The molecule has 2 aromatic carbocycles. The Labute approximate surface area is 207 Å². The largest absolute Gasteiger partial charge is 0.421 e. The molecule has 0 fully saturated rings. The molecule has 36 heavy (non-hydrogen) atoms. The van der Waals surface area contributed by atoms with Gasteiger partial charge in [0.1, 0.15) is 23.5 Å². The fourth-order valence-electron chi connectivity index (χ4n) is 4.18. The van der Waals surface area contributed by atoms with Crippen LogP contribution >= 0.6 is 0 Å². The Balaban J connectivity index is 1.70. The first kappa shape index (κ1) is 22.8. The summed E-state index contributed by atoms with van der Waals surface area (Å²) in [6, 6.07) is 16.8. The van der Waals surface area contributed by atoms with Gasteiger partial charge in [-0.15, -0.1) is 16.1 Å². The highest BCUT2D eigenvalue weighted by Crippen LogP contribution is 2.32. The lowest BCUT2D eigenvalue weighted by atomic mass is 10.0. The Morgan fingerprint density at radius 3 is 2.61 bits per heavy atom. The summed E-state index contributed by atoms with van der Waals surface area (Å²) in [4.78, 5) is 22.4. The van der Waals surface area contributed by atoms with E-state index in [4.69, 9.17) is 10.2 Å². The molecule has 0 saturated heterocycles. The number of hydrogen-bond acceptors (Lipinski definition) is 8. The lowest BCUT2D eigenvalue weighted by molar-refractivity contribution is 0.532. The van der Waals surface area contributed by atoms with Crippen LogP contribution in [0.1, 0.15) is 37.0 Å². The number of nitrogen functional groups attached to an aromatic ring is 1. The molecule has 3 heterocycles. The Morgan fingerprint density at radius 1 is 1.08 bits per heavy atom. The SMILES string of the molecule is CC#Cc1cccc2cc([C@H](C)Nc3ncnc(N)c3-c3nnc(C)o3)n(-c3ccccc3)c(=O)c12. The third-order valence-electron chi connectivity index (χ3n) is 5.76. The second kappa shape index (κ2) is 9.35. The number of aryl methyl sites for hydroxylation is 1. The Bertz CT molecular complexity index is 1690. The summed E-state index contributed by atoms with van der Waals surface area (Å²) >= 11 is 0. The van der Waals surface area contributed by atoms with E-state index in [1.165, 1.54) is 6.33 Å². The average Bonchev–Trinajstić information content (AvgIpc) is 3.30. The minimum atomic E-state index is -0.375. The molecule has 0 aliphatic carbocycles. The molecule has 0 bridgehead atoms. The lowest BCUT2D eigenvalue weighted by Crippen LogP contribution is -2.26. The van der Waals surface area contributed by atoms with Crippen molar-refractivity contribution in [2.24, 2.45) is 0 Å². The van der Waals surface area contributed by atoms with Gasteiger partial charge < -0.3 is 15.5 Å². The van der Waals surface area contributed by atoms with Crippen LogP contribution in [0.15, 0.2) is 70.1 Å². The summed E-state index contributed by atoms with van der Waals surface area (Å²) in [6.45, 7) is 5.39. The minimum absolute atomic E-state index is 0.157. The van der Waals surface area contributed by atoms with E-state index >= 15 is 0 Å². The van der Waals surface area contributed by atoms with E-state index in [1.807, 2.05) is 61.5 Å². The van der Waals surface area contributed by atoms with Gasteiger partial charge in [0.15, 0.2) is 0 Å². The molecule has 0 radical (unpaired) electrons. The maximum absolute atomic E-state index is 13.9. The number of pyridine rings is 1. The van der Waals surface area contributed by atoms with Gasteiger partial charge in [0.2, 0.25) is 5.89 Å². The Kier molecular flexibility index (Phi) is 5.92. The average molecular weight is 478 g/mol. The van der Waals surface area contributed by atoms with Crippen LogP contribution in [0.3, 0.4) is 0 Å². The third-order valence-corrected chi connectivity index (χ3v) is 5.76. The molecular formula is C27H23N7O2. The molecule has 0 unspecified atom stereocenters. The van der Waals surface area contributed by atoms with Crippen LogP contribution in [-0.4, -0.2) is 24.7 Å². The number of nitrogens with zero attached hydrogens (tertiary/aromatic N) is 5. The van der Waals surface area contributed by atoms with Crippen molar-refractivity contribution in [1.29, 1.82) is 0 Å². The van der Waals surface area contributed by atoms with Gasteiger partial charge in [-0.05, 0) is 43.5 Å². The van der Waals surface area contributed by atoms with Gasteiger partial charge in [-0.1, -0.05) is 36.3 Å². The van der Waals surface area contributed by atoms with Crippen molar-refractivity contribution in [3.05, 3.63) is 88.4 Å². The van der Waals surface area contributed by atoms with Gasteiger partial charge in [0.25, 0.3) is 11.4 Å². The van der Waals surface area contributed by atoms with Crippen molar-refractivity contribution < 1.29 is 4.42 Å². The van der Waals surface area contributed by atoms with Crippen molar-refractivity contribution >= 4 is 22.4 Å². The molecule has 178 valence electrons. The number of fused-ring (bicyclic) bond motifs is 1. The molecule has 0 aliphatic rings. The zero-order valence-corrected chi connectivity index (χ0v) is 20.0. The Hall–Kier alpha value is -4.97. The number of nitrogens with two attached hydrogens (primary N) is 1. The number of aromatic nitrogens is 5. The summed E-state index contributed by atoms with van der Waals surface area (Å²) in [5.74, 6) is 7.18. The van der Waals surface area contributed by atoms with Crippen LogP contribution in [0.4, 0.5) is 11.6 Å². The van der Waals surface area contributed by atoms with E-state index in [0.29, 0.717) is 28.2 Å². The van der Waals surface area contributed by atoms with Crippen LogP contribution in [0, 0.1) is 18.8 Å². The number of benzene rings is 2. The van der Waals surface area contributed by atoms with Crippen molar-refractivity contribution in [2.45, 2.75) is 26.8 Å². The molecule has 9 nitrogen and oxygen atoms in total. The summed E-state index contributed by atoms with van der Waals surface area (Å²) < 4.78 is 7.29. The van der Waals surface area contributed by atoms with Crippen LogP contribution < -0.4 is 16.6 Å². The predicted molar refractivity (Wildman–Crippen MR) is 139 cm³/mol. The molecule has 9 heteroatoms. The summed E-state index contributed by atoms with van der Waals surface area (Å²) in [5.41, 5.74) is 8.56. The molecule has 0 amide bonds. The van der Waals surface area contributed by atoms with Crippen LogP contribution in [-0.2, 0) is 0 Å². The zero-order valence-electron chi connectivity index (χ0n) is 20.0. The number of hydrogen-bond donors (Lipinski definition) is 2. The van der Waals surface area contributed by atoms with E-state index in [9.17, 15) is 4.79 Å². The lowest BCUT2D eigenvalue weighted by Gasteiger charge is -2.22. The normalized spacial score (nSPS) is 11.6. The number of anilines is 2. The van der Waals surface area contributed by atoms with E-state index in [1.54, 1.807) is 18.4 Å². The zero-order chi connectivity index (χ0) is 25.2. The smallest absolute Gasteiger partial charge is 0.264 e. The topological polar surface area (TPSA) is 125 Å². The van der Waals surface area contributed by atoms with Gasteiger partial charge in [0.05, 0.1) is 11.4 Å². The molecule has 5 rings (SSSR count). The quantitative estimate of drug-likeness (QED) is 0.360. The maximum Gasteiger partial charge on any atom is 0.264 e. The molecule has 0 saturated carbocycles. The fraction of sp³-hybridized carbons (Fsp3) is 0.148. The second-order valence-corrected chi connectivity index (χ2v) is 8.16. The molecule has 0 spiro atoms. The highest BCUT2D eigenvalue weighted by atomic mass is 16.4. The summed E-state index contributed by atoms with van der Waals surface area (Å²) in [6.07, 6.45) is 1.36. The van der Waals surface area contributed by atoms with E-state index in [-0.39, 0.29) is 23.3 Å². The van der Waals surface area contributed by atoms with Crippen molar-refractivity contribution in [3.63, 3.8) is 0 Å². The number of rotatable bonds is 5. The van der Waals surface area contributed by atoms with Gasteiger partial charge in [0, 0.05) is 23.9 Å². The molecule has 3 N–H and O–H groups in total. The fourth-order valence-corrected chi connectivity index (χ4v) is 4.18. The standard InChI is InChI=1S/C27H23N7O2/c1-4-9-18-10-8-11-19-14-21(34(27(35)22(18)19)20-12-6-5-7-13-20)16(2)31-25-23(24(28)29-15-30-25)26-33-32-17(3)36-26/h5-8,10-16H,1-3H3,(H3,28,29,30,31)/t16-/m0/s1. The monoisotopic (exact) mass is 477 g/mol. The van der Waals surface area contributed by atoms with Crippen LogP contribution in [0.25, 0.3) is 27.9 Å². The first-order chi connectivity index (χ1) is 17.5. The van der Waals surface area contributed by atoms with Crippen LogP contribution in [0.2, 0.25) is 0 Å². The van der Waals surface area contributed by atoms with Gasteiger partial charge >= 0.3 is 0 Å². The van der Waals surface area contributed by atoms with Crippen LogP contribution in [0.5, 0.6) is 0 Å². The van der Waals surface area contributed by atoms with Gasteiger partial charge in [-0.3, -0.25) is 9.36 Å². The first-order valence-corrected chi connectivity index (χ1v) is 11.3. The highest BCUT2D eigenvalue weighted by Gasteiger charge is 2.22. The number of nitrogens with one attached hydrogen (secondary N) is 1. The molecule has 3 aromatic heterocycles. The van der Waals surface area contributed by atoms with E-state index in [0.717, 1.165) is 16.8 Å². The van der Waals surface area contributed by atoms with Crippen molar-refractivity contribution in [2.75, 3.05) is 11.1 Å². The predicted octanol–water partition coefficient (Wildman–Crippen LogP) is 4.27. The maximum atomic E-state index is 13.9. The third kappa shape index (κ3) is 4.05. The van der Waals surface area contributed by atoms with Gasteiger partial charge in [-0.25, -0.2) is 9.97 Å². The Morgan fingerprint density at radius 2 is 1.89 bits per heavy atom. The van der Waals surface area contributed by atoms with Crippen molar-refractivity contribution in [1.82, 2.24) is 24.7 Å². The van der Waals surface area contributed by atoms with E-state index < -0.39 is 0 Å². The molecule has 5 aromatic rings. The summed E-state index contributed by atoms with van der Waals surface area (Å²) in [5, 5.41) is 12.7. The van der Waals surface area contributed by atoms with E-state index in [2.05, 4.69) is 37.3 Å². The second-order valence-electron chi connectivity index (χ2n) is 8.16. The minimum Gasteiger partial charge on any atom is -0.421 e. The molecule has 0 aliphatic heterocycles. The van der Waals surface area contributed by atoms with Gasteiger partial charge in [-0.2, -0.15) is 0 Å². The van der Waals surface area contributed by atoms with Crippen molar-refractivity contribution in [3.8, 4) is 29.0 Å². The molecular weight excluding hydrogens is 454 g/mol. The number of para-hydroxylation sites is 1.